The minimum Gasteiger partial charge on any atom is -0.309 e. The predicted octanol–water partition coefficient (Wildman–Crippen LogP) is 3.88. The standard InChI is InChI=1S/C15H25ClN2S/c1-15(2,3)17-11-12-6-7-13(10-14(12)16)19-9-8-18(4)5/h6-7,10,17H,8-9,11H2,1-5H3. The summed E-state index contributed by atoms with van der Waals surface area (Å²) in [6.07, 6.45) is 0. The zero-order valence-corrected chi connectivity index (χ0v) is 14.2. The monoisotopic (exact) mass is 300 g/mol. The molecule has 0 aliphatic rings. The fourth-order valence-electron chi connectivity index (χ4n) is 1.47. The highest BCUT2D eigenvalue weighted by Crippen LogP contribution is 2.25. The molecule has 0 unspecified atom stereocenters. The molecule has 0 bridgehead atoms. The molecule has 0 aliphatic carbocycles. The maximum atomic E-state index is 6.34. The van der Waals surface area contributed by atoms with Crippen LogP contribution in [0.5, 0.6) is 0 Å². The Labute approximate surface area is 126 Å². The maximum Gasteiger partial charge on any atom is 0.0462 e. The Morgan fingerprint density at radius 2 is 1.95 bits per heavy atom. The quantitative estimate of drug-likeness (QED) is 0.803. The molecule has 2 nitrogen and oxygen atoms in total. The first kappa shape index (κ1) is 16.8. The Bertz CT molecular complexity index is 400. The van der Waals surface area contributed by atoms with Gasteiger partial charge in [-0.15, -0.1) is 11.8 Å². The molecular weight excluding hydrogens is 276 g/mol. The van der Waals surface area contributed by atoms with Crippen molar-refractivity contribution in [1.29, 1.82) is 0 Å². The molecule has 0 fully saturated rings. The lowest BCUT2D eigenvalue weighted by atomic mass is 10.1. The van der Waals surface area contributed by atoms with Crippen molar-refractivity contribution in [1.82, 2.24) is 10.2 Å². The summed E-state index contributed by atoms with van der Waals surface area (Å²) in [4.78, 5) is 3.43. The van der Waals surface area contributed by atoms with Crippen molar-refractivity contribution in [2.75, 3.05) is 26.4 Å². The van der Waals surface area contributed by atoms with Gasteiger partial charge in [-0.05, 0) is 52.6 Å². The summed E-state index contributed by atoms with van der Waals surface area (Å²) in [5.74, 6) is 1.09. The van der Waals surface area contributed by atoms with Crippen LogP contribution in [-0.2, 0) is 6.54 Å². The molecule has 1 rings (SSSR count). The van der Waals surface area contributed by atoms with Crippen LogP contribution in [0.2, 0.25) is 5.02 Å². The molecular formula is C15H25ClN2S. The molecule has 0 spiro atoms. The Hall–Kier alpha value is -0.220. The van der Waals surface area contributed by atoms with E-state index in [0.717, 1.165) is 29.4 Å². The summed E-state index contributed by atoms with van der Waals surface area (Å²) < 4.78 is 0. The SMILES string of the molecule is CN(C)CCSc1ccc(CNC(C)(C)C)c(Cl)c1. The van der Waals surface area contributed by atoms with Crippen molar-refractivity contribution in [3.63, 3.8) is 0 Å². The first-order valence-electron chi connectivity index (χ1n) is 6.59. The van der Waals surface area contributed by atoms with Crippen LogP contribution in [0.4, 0.5) is 0 Å². The summed E-state index contributed by atoms with van der Waals surface area (Å²) >= 11 is 8.18. The number of benzene rings is 1. The lowest BCUT2D eigenvalue weighted by molar-refractivity contribution is 0.424. The zero-order valence-electron chi connectivity index (χ0n) is 12.6. The number of halogens is 1. The van der Waals surface area contributed by atoms with Crippen molar-refractivity contribution in [2.24, 2.45) is 0 Å². The summed E-state index contributed by atoms with van der Waals surface area (Å²) in [6, 6.07) is 6.35. The van der Waals surface area contributed by atoms with E-state index in [-0.39, 0.29) is 5.54 Å². The highest BCUT2D eigenvalue weighted by molar-refractivity contribution is 7.99. The van der Waals surface area contributed by atoms with Gasteiger partial charge < -0.3 is 10.2 Å². The van der Waals surface area contributed by atoms with Gasteiger partial charge in [-0.3, -0.25) is 0 Å². The smallest absolute Gasteiger partial charge is 0.0462 e. The lowest BCUT2D eigenvalue weighted by Gasteiger charge is -2.21. The van der Waals surface area contributed by atoms with E-state index in [4.69, 9.17) is 11.6 Å². The van der Waals surface area contributed by atoms with Gasteiger partial charge in [-0.2, -0.15) is 0 Å². The summed E-state index contributed by atoms with van der Waals surface area (Å²) in [5.41, 5.74) is 1.27. The Morgan fingerprint density at radius 1 is 1.26 bits per heavy atom. The van der Waals surface area contributed by atoms with Gasteiger partial charge in [0.1, 0.15) is 0 Å². The van der Waals surface area contributed by atoms with Gasteiger partial charge >= 0.3 is 0 Å². The van der Waals surface area contributed by atoms with Crippen molar-refractivity contribution in [2.45, 2.75) is 37.8 Å². The van der Waals surface area contributed by atoms with E-state index < -0.39 is 0 Å². The number of nitrogens with one attached hydrogen (secondary N) is 1. The second-order valence-electron chi connectivity index (χ2n) is 6.01. The van der Waals surface area contributed by atoms with Crippen LogP contribution in [-0.4, -0.2) is 36.8 Å². The largest absolute Gasteiger partial charge is 0.309 e. The highest BCUT2D eigenvalue weighted by Gasteiger charge is 2.10. The Kier molecular flexibility index (Phi) is 6.67. The van der Waals surface area contributed by atoms with Gasteiger partial charge in [0.15, 0.2) is 0 Å². The van der Waals surface area contributed by atoms with Crippen LogP contribution in [0, 0.1) is 0 Å². The molecule has 19 heavy (non-hydrogen) atoms. The van der Waals surface area contributed by atoms with E-state index >= 15 is 0 Å². The molecule has 0 aromatic heterocycles. The van der Waals surface area contributed by atoms with E-state index in [9.17, 15) is 0 Å². The zero-order chi connectivity index (χ0) is 14.5. The topological polar surface area (TPSA) is 15.3 Å². The summed E-state index contributed by atoms with van der Waals surface area (Å²) in [7, 11) is 4.18. The third-order valence-electron chi connectivity index (χ3n) is 2.64. The molecule has 0 radical (unpaired) electrons. The minimum absolute atomic E-state index is 0.114. The van der Waals surface area contributed by atoms with Gasteiger partial charge in [0.25, 0.3) is 0 Å². The number of rotatable bonds is 6. The first-order chi connectivity index (χ1) is 8.78. The van der Waals surface area contributed by atoms with Crippen LogP contribution in [0.3, 0.4) is 0 Å². The second-order valence-corrected chi connectivity index (χ2v) is 7.58. The fourth-order valence-corrected chi connectivity index (χ4v) is 2.84. The van der Waals surface area contributed by atoms with E-state index in [0.29, 0.717) is 0 Å². The first-order valence-corrected chi connectivity index (χ1v) is 7.95. The van der Waals surface area contributed by atoms with Crippen LogP contribution in [0.15, 0.2) is 23.1 Å². The maximum absolute atomic E-state index is 6.34. The van der Waals surface area contributed by atoms with Crippen LogP contribution >= 0.6 is 23.4 Å². The summed E-state index contributed by atoms with van der Waals surface area (Å²) in [5, 5.41) is 4.31. The van der Waals surface area contributed by atoms with E-state index in [1.807, 2.05) is 11.8 Å². The molecule has 0 atom stereocenters. The average molecular weight is 301 g/mol. The second kappa shape index (κ2) is 7.53. The molecule has 0 saturated heterocycles. The number of hydrogen-bond donors (Lipinski definition) is 1. The molecule has 0 amide bonds. The van der Waals surface area contributed by atoms with Crippen molar-refractivity contribution < 1.29 is 0 Å². The molecule has 1 aromatic rings. The van der Waals surface area contributed by atoms with Gasteiger partial charge in [-0.25, -0.2) is 0 Å². The van der Waals surface area contributed by atoms with Crippen molar-refractivity contribution in [3.05, 3.63) is 28.8 Å². The third-order valence-corrected chi connectivity index (χ3v) is 3.97. The number of nitrogens with zero attached hydrogens (tertiary/aromatic N) is 1. The molecule has 1 aromatic carbocycles. The Morgan fingerprint density at radius 3 is 2.47 bits per heavy atom. The van der Waals surface area contributed by atoms with Crippen LogP contribution in [0.25, 0.3) is 0 Å². The van der Waals surface area contributed by atoms with Gasteiger partial charge in [-0.1, -0.05) is 17.7 Å². The minimum atomic E-state index is 0.114. The summed E-state index contributed by atoms with van der Waals surface area (Å²) in [6.45, 7) is 8.37. The molecule has 0 saturated carbocycles. The van der Waals surface area contributed by atoms with Gasteiger partial charge in [0.2, 0.25) is 0 Å². The molecule has 108 valence electrons. The van der Waals surface area contributed by atoms with Gasteiger partial charge in [0.05, 0.1) is 0 Å². The highest BCUT2D eigenvalue weighted by atomic mass is 35.5. The van der Waals surface area contributed by atoms with Crippen LogP contribution in [0.1, 0.15) is 26.3 Å². The molecule has 1 N–H and O–H groups in total. The number of hydrogen-bond acceptors (Lipinski definition) is 3. The number of thioether (sulfide) groups is 1. The average Bonchev–Trinajstić information content (AvgIpc) is 2.26. The van der Waals surface area contributed by atoms with E-state index in [1.165, 1.54) is 4.90 Å². The third kappa shape index (κ3) is 7.21. The normalized spacial score (nSPS) is 12.2. The van der Waals surface area contributed by atoms with Gasteiger partial charge in [0, 0.05) is 34.3 Å². The molecule has 4 heteroatoms. The van der Waals surface area contributed by atoms with E-state index in [2.05, 4.69) is 63.3 Å². The molecule has 0 aliphatic heterocycles. The van der Waals surface area contributed by atoms with Crippen molar-refractivity contribution >= 4 is 23.4 Å². The fraction of sp³-hybridized carbons (Fsp3) is 0.600. The van der Waals surface area contributed by atoms with E-state index in [1.54, 1.807) is 0 Å². The lowest BCUT2D eigenvalue weighted by Crippen LogP contribution is -2.35. The van der Waals surface area contributed by atoms with Crippen molar-refractivity contribution in [3.8, 4) is 0 Å². The Balaban J connectivity index is 2.54. The van der Waals surface area contributed by atoms with Crippen LogP contribution < -0.4 is 5.32 Å². The molecule has 0 heterocycles. The predicted molar refractivity (Wildman–Crippen MR) is 87.3 cm³/mol.